The van der Waals surface area contributed by atoms with Gasteiger partial charge in [0, 0.05) is 29.9 Å². The summed E-state index contributed by atoms with van der Waals surface area (Å²) in [7, 11) is 1.28. The van der Waals surface area contributed by atoms with E-state index in [0.717, 1.165) is 27.8 Å². The average molecular weight is 418 g/mol. The quantitative estimate of drug-likeness (QED) is 0.227. The van der Waals surface area contributed by atoms with Crippen molar-refractivity contribution in [1.29, 1.82) is 0 Å². The van der Waals surface area contributed by atoms with Crippen LogP contribution in [-0.2, 0) is 6.54 Å². The second kappa shape index (κ2) is 9.12. The van der Waals surface area contributed by atoms with Crippen LogP contribution in [0.2, 0.25) is 0 Å². The zero-order valence-corrected chi connectivity index (χ0v) is 17.0. The molecule has 0 aliphatic heterocycles. The molecule has 0 fully saturated rings. The number of aromatic amines is 1. The number of amides is 2. The Balaban J connectivity index is 1.34. The highest BCUT2D eigenvalue weighted by atomic mass is 16.5. The maximum atomic E-state index is 11.4. The fourth-order valence-electron chi connectivity index (χ4n) is 3.26. The van der Waals surface area contributed by atoms with Crippen LogP contribution < -0.4 is 15.4 Å². The number of nitroso groups, excluding NO2 is 1. The van der Waals surface area contributed by atoms with Crippen molar-refractivity contribution in [1.82, 2.24) is 20.3 Å². The van der Waals surface area contributed by atoms with Crippen LogP contribution in [0.25, 0.3) is 21.8 Å². The van der Waals surface area contributed by atoms with Crippen molar-refractivity contribution in [3.8, 4) is 5.75 Å². The van der Waals surface area contributed by atoms with Gasteiger partial charge in [-0.2, -0.15) is 5.01 Å². The molecule has 0 atom stereocenters. The third kappa shape index (κ3) is 4.72. The molecule has 0 saturated carbocycles. The Kier molecular flexibility index (Phi) is 5.93. The molecular formula is C22H22N6O3. The van der Waals surface area contributed by atoms with Gasteiger partial charge in [-0.05, 0) is 29.8 Å². The molecule has 2 aromatic heterocycles. The number of rotatable bonds is 8. The molecule has 0 aliphatic carbocycles. The number of carbonyl (C=O) groups excluding carboxylic acids is 1. The van der Waals surface area contributed by atoms with Crippen molar-refractivity contribution in [3.63, 3.8) is 0 Å². The summed E-state index contributed by atoms with van der Waals surface area (Å²) in [4.78, 5) is 29.6. The normalized spacial score (nSPS) is 10.7. The number of urea groups is 1. The van der Waals surface area contributed by atoms with Crippen LogP contribution in [-0.4, -0.2) is 41.2 Å². The highest BCUT2D eigenvalue weighted by molar-refractivity contribution is 6.07. The summed E-state index contributed by atoms with van der Waals surface area (Å²) in [6.45, 7) is 1.12. The first kappa shape index (κ1) is 20.1. The third-order valence-corrected chi connectivity index (χ3v) is 4.83. The Morgan fingerprint density at radius 3 is 2.87 bits per heavy atom. The summed E-state index contributed by atoms with van der Waals surface area (Å²) in [5.74, 6) is 1.48. The van der Waals surface area contributed by atoms with E-state index in [2.05, 4.69) is 38.0 Å². The Bertz CT molecular complexity index is 1220. The number of para-hydroxylation sites is 1. The number of carbonyl (C=O) groups is 1. The van der Waals surface area contributed by atoms with Crippen LogP contribution in [0.1, 0.15) is 5.56 Å². The molecule has 31 heavy (non-hydrogen) atoms. The van der Waals surface area contributed by atoms with E-state index in [1.807, 2.05) is 48.7 Å². The van der Waals surface area contributed by atoms with Crippen LogP contribution in [0.5, 0.6) is 5.75 Å². The molecule has 4 rings (SSSR count). The topological polar surface area (TPSA) is 112 Å². The van der Waals surface area contributed by atoms with Gasteiger partial charge in [0.25, 0.3) is 0 Å². The molecule has 9 nitrogen and oxygen atoms in total. The molecule has 2 amide bonds. The van der Waals surface area contributed by atoms with Crippen LogP contribution in [0.15, 0.2) is 66.1 Å². The van der Waals surface area contributed by atoms with E-state index in [1.165, 1.54) is 12.4 Å². The van der Waals surface area contributed by atoms with Gasteiger partial charge in [-0.3, -0.25) is 0 Å². The number of ether oxygens (including phenoxy) is 1. The lowest BCUT2D eigenvalue weighted by Crippen LogP contribution is -2.36. The number of hydrogen-bond acceptors (Lipinski definition) is 6. The minimum Gasteiger partial charge on any atom is -0.492 e. The molecule has 9 heteroatoms. The van der Waals surface area contributed by atoms with Gasteiger partial charge in [-0.15, -0.1) is 4.91 Å². The van der Waals surface area contributed by atoms with Crippen LogP contribution in [0, 0.1) is 4.91 Å². The largest absolute Gasteiger partial charge is 0.492 e. The van der Waals surface area contributed by atoms with Crippen molar-refractivity contribution in [2.45, 2.75) is 6.54 Å². The third-order valence-electron chi connectivity index (χ3n) is 4.83. The highest BCUT2D eigenvalue weighted by Crippen LogP contribution is 2.26. The van der Waals surface area contributed by atoms with Gasteiger partial charge in [0.2, 0.25) is 0 Å². The van der Waals surface area contributed by atoms with Gasteiger partial charge in [0.05, 0.1) is 23.5 Å². The number of nitrogens with zero attached hydrogens (tertiary/aromatic N) is 3. The molecule has 158 valence electrons. The van der Waals surface area contributed by atoms with Gasteiger partial charge >= 0.3 is 6.03 Å². The Labute approximate surface area is 178 Å². The first-order valence-corrected chi connectivity index (χ1v) is 9.81. The molecule has 0 bridgehead atoms. The summed E-state index contributed by atoms with van der Waals surface area (Å²) < 4.78 is 5.67. The number of pyridine rings is 1. The SMILES string of the molecule is CN(N=O)C(=O)NCCOc1cccc(CNc2cc3c(cn2)[nH]c2ccccc23)c1. The van der Waals surface area contributed by atoms with Gasteiger partial charge in [0.1, 0.15) is 18.2 Å². The van der Waals surface area contributed by atoms with Crippen molar-refractivity contribution in [2.75, 3.05) is 25.5 Å². The fourth-order valence-corrected chi connectivity index (χ4v) is 3.26. The summed E-state index contributed by atoms with van der Waals surface area (Å²) >= 11 is 0. The van der Waals surface area contributed by atoms with E-state index < -0.39 is 6.03 Å². The summed E-state index contributed by atoms with van der Waals surface area (Å²) in [5, 5.41) is 11.4. The van der Waals surface area contributed by atoms with E-state index in [-0.39, 0.29) is 13.2 Å². The molecule has 0 radical (unpaired) electrons. The lowest BCUT2D eigenvalue weighted by molar-refractivity contribution is 0.206. The maximum Gasteiger partial charge on any atom is 0.340 e. The molecule has 3 N–H and O–H groups in total. The second-order valence-corrected chi connectivity index (χ2v) is 6.97. The average Bonchev–Trinajstić information content (AvgIpc) is 3.18. The molecule has 0 unspecified atom stereocenters. The summed E-state index contributed by atoms with van der Waals surface area (Å²) in [6, 6.07) is 17.3. The number of hydrogen-bond donors (Lipinski definition) is 3. The molecule has 0 aliphatic rings. The predicted octanol–water partition coefficient (Wildman–Crippen LogP) is 4.03. The van der Waals surface area contributed by atoms with E-state index >= 15 is 0 Å². The van der Waals surface area contributed by atoms with Crippen molar-refractivity contribution >= 4 is 33.7 Å². The highest BCUT2D eigenvalue weighted by Gasteiger charge is 2.07. The van der Waals surface area contributed by atoms with Crippen molar-refractivity contribution in [3.05, 3.63) is 71.3 Å². The smallest absolute Gasteiger partial charge is 0.340 e. The predicted molar refractivity (Wildman–Crippen MR) is 120 cm³/mol. The zero-order valence-electron chi connectivity index (χ0n) is 17.0. The Hall–Kier alpha value is -4.14. The molecule has 2 heterocycles. The molecule has 0 spiro atoms. The van der Waals surface area contributed by atoms with Crippen LogP contribution in [0.4, 0.5) is 10.6 Å². The van der Waals surface area contributed by atoms with Gasteiger partial charge in [-0.25, -0.2) is 9.78 Å². The number of nitrogens with one attached hydrogen (secondary N) is 3. The molecule has 0 saturated heterocycles. The maximum absolute atomic E-state index is 11.4. The standard InChI is InChI=1S/C22H22N6O3/c1-28(27-30)22(29)23-9-10-31-16-6-4-5-15(11-16)13-24-21-12-18-17-7-2-3-8-19(17)26-20(18)14-25-21/h2-8,11-12,14,26H,9-10,13H2,1H3,(H,23,29)(H,24,25). The fraction of sp³-hybridized carbons (Fsp3) is 0.182. The molecule has 2 aromatic carbocycles. The first-order valence-electron chi connectivity index (χ1n) is 9.81. The summed E-state index contributed by atoms with van der Waals surface area (Å²) in [5.41, 5.74) is 3.13. The first-order chi connectivity index (χ1) is 15.1. The van der Waals surface area contributed by atoms with E-state index in [0.29, 0.717) is 17.3 Å². The molecular weight excluding hydrogens is 396 g/mol. The van der Waals surface area contributed by atoms with Gasteiger partial charge in [0.15, 0.2) is 0 Å². The minimum absolute atomic E-state index is 0.260. The monoisotopic (exact) mass is 418 g/mol. The van der Waals surface area contributed by atoms with E-state index in [1.54, 1.807) is 0 Å². The Morgan fingerprint density at radius 1 is 1.13 bits per heavy atom. The summed E-state index contributed by atoms with van der Waals surface area (Å²) in [6.07, 6.45) is 1.84. The zero-order chi connectivity index (χ0) is 21.6. The van der Waals surface area contributed by atoms with Gasteiger partial charge < -0.3 is 20.4 Å². The lowest BCUT2D eigenvalue weighted by Gasteiger charge is -2.11. The van der Waals surface area contributed by atoms with Crippen LogP contribution in [0.3, 0.4) is 0 Å². The minimum atomic E-state index is -0.573. The number of aromatic nitrogens is 2. The number of fused-ring (bicyclic) bond motifs is 3. The van der Waals surface area contributed by atoms with E-state index in [9.17, 15) is 9.70 Å². The lowest BCUT2D eigenvalue weighted by atomic mass is 10.2. The van der Waals surface area contributed by atoms with E-state index in [4.69, 9.17) is 4.74 Å². The number of H-pyrrole nitrogens is 1. The Morgan fingerprint density at radius 2 is 2.00 bits per heavy atom. The van der Waals surface area contributed by atoms with Crippen molar-refractivity contribution < 1.29 is 9.53 Å². The van der Waals surface area contributed by atoms with Gasteiger partial charge in [-0.1, -0.05) is 30.3 Å². The second-order valence-electron chi connectivity index (χ2n) is 6.97. The number of benzene rings is 2. The van der Waals surface area contributed by atoms with Crippen LogP contribution >= 0.6 is 0 Å². The van der Waals surface area contributed by atoms with Crippen molar-refractivity contribution in [2.24, 2.45) is 5.29 Å². The molecule has 4 aromatic rings. The number of anilines is 1.